The molecule has 142 valence electrons. The fourth-order valence-corrected chi connectivity index (χ4v) is 3.39. The van der Waals surface area contributed by atoms with E-state index in [9.17, 15) is 14.4 Å². The summed E-state index contributed by atoms with van der Waals surface area (Å²) >= 11 is 0. The molecule has 0 aliphatic heterocycles. The van der Waals surface area contributed by atoms with E-state index >= 15 is 0 Å². The minimum Gasteiger partial charge on any atom is -0.449 e. The van der Waals surface area contributed by atoms with Crippen molar-refractivity contribution in [2.45, 2.75) is 65.0 Å². The normalized spacial score (nSPS) is 15.8. The molecule has 1 N–H and O–H groups in total. The topological polar surface area (TPSA) is 75.7 Å². The van der Waals surface area contributed by atoms with E-state index < -0.39 is 12.1 Å². The molecule has 6 nitrogen and oxygen atoms in total. The number of nitrogens with one attached hydrogen (secondary N) is 1. The van der Waals surface area contributed by atoms with Gasteiger partial charge in [0.2, 0.25) is 5.91 Å². The largest absolute Gasteiger partial charge is 0.449 e. The zero-order valence-corrected chi connectivity index (χ0v) is 15.8. The minimum absolute atomic E-state index is 0.136. The lowest BCUT2D eigenvalue weighted by Crippen LogP contribution is -2.46. The van der Waals surface area contributed by atoms with E-state index in [-0.39, 0.29) is 17.9 Å². The van der Waals surface area contributed by atoms with Crippen molar-refractivity contribution in [1.29, 1.82) is 0 Å². The summed E-state index contributed by atoms with van der Waals surface area (Å²) in [5.74, 6) is -0.857. The van der Waals surface area contributed by atoms with E-state index in [1.807, 2.05) is 11.8 Å². The van der Waals surface area contributed by atoms with Crippen LogP contribution in [0.25, 0.3) is 0 Å². The van der Waals surface area contributed by atoms with Crippen molar-refractivity contribution in [2.24, 2.45) is 0 Å². The maximum atomic E-state index is 12.7. The second kappa shape index (κ2) is 9.36. The third-order valence-corrected chi connectivity index (χ3v) is 4.71. The molecule has 1 aromatic carbocycles. The molecule has 1 aliphatic carbocycles. The van der Waals surface area contributed by atoms with Crippen LogP contribution in [-0.2, 0) is 14.3 Å². The Kier molecular flexibility index (Phi) is 7.18. The molecule has 0 radical (unpaired) electrons. The average molecular weight is 360 g/mol. The van der Waals surface area contributed by atoms with E-state index in [2.05, 4.69) is 5.32 Å². The van der Waals surface area contributed by atoms with Gasteiger partial charge in [-0.05, 0) is 51.0 Å². The Morgan fingerprint density at radius 2 is 1.77 bits per heavy atom. The first-order valence-electron chi connectivity index (χ1n) is 9.31. The van der Waals surface area contributed by atoms with Gasteiger partial charge < -0.3 is 15.0 Å². The van der Waals surface area contributed by atoms with Gasteiger partial charge in [-0.1, -0.05) is 19.3 Å². The SMILES string of the molecule is CCN(C(=O)[C@@H](C)OC(=O)c1ccc(NC(C)=O)cc1)C1CCCCC1. The summed E-state index contributed by atoms with van der Waals surface area (Å²) in [4.78, 5) is 37.9. The molecule has 26 heavy (non-hydrogen) atoms. The summed E-state index contributed by atoms with van der Waals surface area (Å²) in [5.41, 5.74) is 0.951. The Bertz CT molecular complexity index is 636. The number of carbonyl (C=O) groups excluding carboxylic acids is 3. The predicted octanol–water partition coefficient (Wildman–Crippen LogP) is 3.37. The van der Waals surface area contributed by atoms with Crippen LogP contribution in [0.2, 0.25) is 0 Å². The quantitative estimate of drug-likeness (QED) is 0.789. The predicted molar refractivity (Wildman–Crippen MR) is 99.9 cm³/mol. The lowest BCUT2D eigenvalue weighted by Gasteiger charge is -2.35. The van der Waals surface area contributed by atoms with Crippen LogP contribution in [-0.4, -0.2) is 41.4 Å². The van der Waals surface area contributed by atoms with Gasteiger partial charge in [0.05, 0.1) is 5.56 Å². The Balaban J connectivity index is 1.96. The molecule has 1 aliphatic rings. The summed E-state index contributed by atoms with van der Waals surface area (Å²) in [5, 5.41) is 2.64. The second-order valence-corrected chi connectivity index (χ2v) is 6.72. The van der Waals surface area contributed by atoms with E-state index in [0.29, 0.717) is 17.8 Å². The fourth-order valence-electron chi connectivity index (χ4n) is 3.39. The van der Waals surface area contributed by atoms with Gasteiger partial charge in [0.1, 0.15) is 0 Å². The van der Waals surface area contributed by atoms with Crippen LogP contribution in [0, 0.1) is 0 Å². The third kappa shape index (κ3) is 5.31. The number of likely N-dealkylation sites (N-methyl/N-ethyl adjacent to an activating group) is 1. The van der Waals surface area contributed by atoms with Gasteiger partial charge in [0, 0.05) is 25.2 Å². The number of hydrogen-bond donors (Lipinski definition) is 1. The zero-order valence-electron chi connectivity index (χ0n) is 15.8. The molecule has 6 heteroatoms. The smallest absolute Gasteiger partial charge is 0.338 e. The molecule has 0 heterocycles. The number of nitrogens with zero attached hydrogens (tertiary/aromatic N) is 1. The fraction of sp³-hybridized carbons (Fsp3) is 0.550. The lowest BCUT2D eigenvalue weighted by molar-refractivity contribution is -0.142. The molecule has 0 spiro atoms. The van der Waals surface area contributed by atoms with Crippen LogP contribution in [0.5, 0.6) is 0 Å². The molecule has 2 amide bonds. The number of hydrogen-bond acceptors (Lipinski definition) is 4. The van der Waals surface area contributed by atoms with Crippen LogP contribution in [0.3, 0.4) is 0 Å². The van der Waals surface area contributed by atoms with Gasteiger partial charge in [-0.3, -0.25) is 9.59 Å². The van der Waals surface area contributed by atoms with Crippen molar-refractivity contribution in [3.63, 3.8) is 0 Å². The summed E-state index contributed by atoms with van der Waals surface area (Å²) in [6, 6.07) is 6.65. The molecule has 2 rings (SSSR count). The molecule has 0 saturated heterocycles. The summed E-state index contributed by atoms with van der Waals surface area (Å²) in [6.07, 6.45) is 4.73. The highest BCUT2D eigenvalue weighted by molar-refractivity contribution is 5.93. The summed E-state index contributed by atoms with van der Waals surface area (Å²) in [7, 11) is 0. The van der Waals surface area contributed by atoms with Gasteiger partial charge in [-0.15, -0.1) is 0 Å². The molecule has 1 fully saturated rings. The van der Waals surface area contributed by atoms with Crippen LogP contribution in [0.15, 0.2) is 24.3 Å². The minimum atomic E-state index is -0.820. The number of esters is 1. The zero-order chi connectivity index (χ0) is 19.1. The van der Waals surface area contributed by atoms with Crippen molar-refractivity contribution in [1.82, 2.24) is 4.90 Å². The molecule has 1 atom stereocenters. The molecule has 1 saturated carbocycles. The second-order valence-electron chi connectivity index (χ2n) is 6.72. The molecule has 0 bridgehead atoms. The highest BCUT2D eigenvalue weighted by Gasteiger charge is 2.29. The third-order valence-electron chi connectivity index (χ3n) is 4.71. The Labute approximate surface area is 154 Å². The number of rotatable bonds is 6. The Hall–Kier alpha value is -2.37. The highest BCUT2D eigenvalue weighted by atomic mass is 16.5. The van der Waals surface area contributed by atoms with Gasteiger partial charge in [-0.25, -0.2) is 4.79 Å². The van der Waals surface area contributed by atoms with Gasteiger partial charge in [0.25, 0.3) is 5.91 Å². The van der Waals surface area contributed by atoms with E-state index in [1.165, 1.54) is 13.3 Å². The Morgan fingerprint density at radius 1 is 1.15 bits per heavy atom. The van der Waals surface area contributed by atoms with Crippen molar-refractivity contribution in [2.75, 3.05) is 11.9 Å². The number of ether oxygens (including phenoxy) is 1. The maximum Gasteiger partial charge on any atom is 0.338 e. The Morgan fingerprint density at radius 3 is 2.31 bits per heavy atom. The van der Waals surface area contributed by atoms with Crippen LogP contribution in [0.4, 0.5) is 5.69 Å². The first-order valence-corrected chi connectivity index (χ1v) is 9.31. The average Bonchev–Trinajstić information content (AvgIpc) is 2.63. The molecule has 1 aromatic rings. The number of amides is 2. The van der Waals surface area contributed by atoms with Crippen LogP contribution < -0.4 is 5.32 Å². The molecular weight excluding hydrogens is 332 g/mol. The number of anilines is 1. The van der Waals surface area contributed by atoms with E-state index in [1.54, 1.807) is 31.2 Å². The van der Waals surface area contributed by atoms with Gasteiger partial charge >= 0.3 is 5.97 Å². The van der Waals surface area contributed by atoms with Crippen LogP contribution in [0.1, 0.15) is 63.2 Å². The number of benzene rings is 1. The first kappa shape index (κ1) is 19.9. The maximum absolute atomic E-state index is 12.7. The molecular formula is C20H28N2O4. The summed E-state index contributed by atoms with van der Waals surface area (Å²) < 4.78 is 5.38. The van der Waals surface area contributed by atoms with Gasteiger partial charge in [0.15, 0.2) is 6.10 Å². The highest BCUT2D eigenvalue weighted by Crippen LogP contribution is 2.23. The first-order chi connectivity index (χ1) is 12.4. The van der Waals surface area contributed by atoms with Crippen molar-refractivity contribution in [3.8, 4) is 0 Å². The van der Waals surface area contributed by atoms with Crippen molar-refractivity contribution in [3.05, 3.63) is 29.8 Å². The standard InChI is InChI=1S/C20H28N2O4/c1-4-22(18-8-6-5-7-9-18)19(24)14(2)26-20(25)16-10-12-17(13-11-16)21-15(3)23/h10-14,18H,4-9H2,1-3H3,(H,21,23)/t14-/m1/s1. The number of carbonyl (C=O) groups is 3. The van der Waals surface area contributed by atoms with Crippen molar-refractivity contribution >= 4 is 23.5 Å². The van der Waals surface area contributed by atoms with Gasteiger partial charge in [-0.2, -0.15) is 0 Å². The lowest BCUT2D eigenvalue weighted by atomic mass is 9.94. The van der Waals surface area contributed by atoms with E-state index in [0.717, 1.165) is 25.7 Å². The van der Waals surface area contributed by atoms with E-state index in [4.69, 9.17) is 4.74 Å². The monoisotopic (exact) mass is 360 g/mol. The van der Waals surface area contributed by atoms with Crippen LogP contribution >= 0.6 is 0 Å². The molecule has 0 aromatic heterocycles. The molecule has 0 unspecified atom stereocenters. The van der Waals surface area contributed by atoms with Crippen molar-refractivity contribution < 1.29 is 19.1 Å². The summed E-state index contributed by atoms with van der Waals surface area (Å²) in [6.45, 7) is 5.62.